The lowest BCUT2D eigenvalue weighted by Gasteiger charge is -2.39. The largest absolute Gasteiger partial charge is 0.496 e. The van der Waals surface area contributed by atoms with E-state index in [4.69, 9.17) is 21.3 Å². The van der Waals surface area contributed by atoms with E-state index in [0.717, 1.165) is 34.6 Å². The molecule has 0 radical (unpaired) electrons. The molecule has 3 aromatic rings. The van der Waals surface area contributed by atoms with Gasteiger partial charge in [0.05, 0.1) is 12.7 Å². The molecule has 0 bridgehead atoms. The lowest BCUT2D eigenvalue weighted by molar-refractivity contribution is 0.0670. The maximum atomic E-state index is 13.1. The lowest BCUT2D eigenvalue weighted by atomic mass is 10.1. The highest BCUT2D eigenvalue weighted by Gasteiger charge is 2.30. The summed E-state index contributed by atoms with van der Waals surface area (Å²) in [6, 6.07) is 15.2. The summed E-state index contributed by atoms with van der Waals surface area (Å²) in [7, 11) is 1.59. The van der Waals surface area contributed by atoms with Crippen molar-refractivity contribution in [2.24, 2.45) is 0 Å². The SMILES string of the molecule is COc1ccccc1C(=O)N1CCN(c2nc(Cc3ccc(Cl)cc3)ns2)CC1C. The van der Waals surface area contributed by atoms with Crippen molar-refractivity contribution in [1.29, 1.82) is 0 Å². The van der Waals surface area contributed by atoms with E-state index >= 15 is 0 Å². The van der Waals surface area contributed by atoms with Crippen LogP contribution in [0.3, 0.4) is 0 Å². The lowest BCUT2D eigenvalue weighted by Crippen LogP contribution is -2.54. The highest BCUT2D eigenvalue weighted by atomic mass is 35.5. The number of carbonyl (C=O) groups is 1. The van der Waals surface area contributed by atoms with Gasteiger partial charge in [0, 0.05) is 48.7 Å². The Morgan fingerprint density at radius 2 is 1.97 bits per heavy atom. The third-order valence-corrected chi connectivity index (χ3v) is 6.30. The molecule has 1 aromatic heterocycles. The molecular weight excluding hydrogens is 420 g/mol. The number of halogens is 1. The number of nitrogens with zero attached hydrogens (tertiary/aromatic N) is 4. The van der Waals surface area contributed by atoms with E-state index in [2.05, 4.69) is 16.2 Å². The van der Waals surface area contributed by atoms with Crippen LogP contribution in [0.4, 0.5) is 5.13 Å². The Labute approximate surface area is 185 Å². The van der Waals surface area contributed by atoms with Crippen molar-refractivity contribution in [2.75, 3.05) is 31.6 Å². The van der Waals surface area contributed by atoms with Crippen LogP contribution >= 0.6 is 23.1 Å². The van der Waals surface area contributed by atoms with E-state index in [9.17, 15) is 4.79 Å². The number of carbonyl (C=O) groups excluding carboxylic acids is 1. The fourth-order valence-corrected chi connectivity index (χ4v) is 4.48. The first-order valence-electron chi connectivity index (χ1n) is 9.81. The van der Waals surface area contributed by atoms with Crippen LogP contribution in [0, 0.1) is 0 Å². The molecule has 1 aliphatic heterocycles. The van der Waals surface area contributed by atoms with Gasteiger partial charge in [0.25, 0.3) is 5.91 Å². The fraction of sp³-hybridized carbons (Fsp3) is 0.318. The average Bonchev–Trinajstić information content (AvgIpc) is 3.23. The molecule has 2 heterocycles. The molecule has 0 N–H and O–H groups in total. The monoisotopic (exact) mass is 442 g/mol. The minimum atomic E-state index is 0.000270. The van der Waals surface area contributed by atoms with Gasteiger partial charge in [-0.25, -0.2) is 4.98 Å². The van der Waals surface area contributed by atoms with Crippen LogP contribution < -0.4 is 9.64 Å². The predicted molar refractivity (Wildman–Crippen MR) is 120 cm³/mol. The van der Waals surface area contributed by atoms with Crippen molar-refractivity contribution >= 4 is 34.2 Å². The molecule has 30 heavy (non-hydrogen) atoms. The molecule has 1 amide bonds. The van der Waals surface area contributed by atoms with Crippen molar-refractivity contribution in [3.05, 3.63) is 70.5 Å². The van der Waals surface area contributed by atoms with Crippen LogP contribution in [0.1, 0.15) is 28.7 Å². The second-order valence-electron chi connectivity index (χ2n) is 7.29. The Morgan fingerprint density at radius 1 is 1.20 bits per heavy atom. The van der Waals surface area contributed by atoms with Crippen molar-refractivity contribution in [2.45, 2.75) is 19.4 Å². The topological polar surface area (TPSA) is 58.6 Å². The number of aromatic nitrogens is 2. The van der Waals surface area contributed by atoms with Gasteiger partial charge in [-0.1, -0.05) is 35.9 Å². The highest BCUT2D eigenvalue weighted by molar-refractivity contribution is 7.09. The number of hydrogen-bond donors (Lipinski definition) is 0. The number of methoxy groups -OCH3 is 1. The van der Waals surface area contributed by atoms with Gasteiger partial charge in [-0.3, -0.25) is 4.79 Å². The molecule has 1 atom stereocenters. The quantitative estimate of drug-likeness (QED) is 0.594. The minimum absolute atomic E-state index is 0.000270. The molecule has 156 valence electrons. The van der Waals surface area contributed by atoms with Gasteiger partial charge in [0.2, 0.25) is 5.13 Å². The van der Waals surface area contributed by atoms with Crippen molar-refractivity contribution in [3.8, 4) is 5.75 Å². The summed E-state index contributed by atoms with van der Waals surface area (Å²) in [5, 5.41) is 1.62. The Bertz CT molecular complexity index is 1020. The van der Waals surface area contributed by atoms with Crippen molar-refractivity contribution in [1.82, 2.24) is 14.3 Å². The zero-order valence-electron chi connectivity index (χ0n) is 16.9. The van der Waals surface area contributed by atoms with E-state index < -0.39 is 0 Å². The smallest absolute Gasteiger partial charge is 0.257 e. The third-order valence-electron chi connectivity index (χ3n) is 5.23. The molecular formula is C22H23ClN4O2S. The second-order valence-corrected chi connectivity index (χ2v) is 8.46. The number of hydrogen-bond acceptors (Lipinski definition) is 6. The summed E-state index contributed by atoms with van der Waals surface area (Å²) < 4.78 is 9.88. The third kappa shape index (κ3) is 4.42. The average molecular weight is 443 g/mol. The molecule has 1 fully saturated rings. The maximum Gasteiger partial charge on any atom is 0.257 e. The van der Waals surface area contributed by atoms with E-state index in [-0.39, 0.29) is 11.9 Å². The fourth-order valence-electron chi connectivity index (χ4n) is 3.64. The number of piperazine rings is 1. The Kier molecular flexibility index (Phi) is 6.20. The Balaban J connectivity index is 1.41. The molecule has 0 spiro atoms. The van der Waals surface area contributed by atoms with Gasteiger partial charge in [-0.05, 0) is 36.8 Å². The number of anilines is 1. The second kappa shape index (κ2) is 9.02. The van der Waals surface area contributed by atoms with E-state index in [1.54, 1.807) is 7.11 Å². The van der Waals surface area contributed by atoms with Crippen LogP contribution in [-0.2, 0) is 6.42 Å². The van der Waals surface area contributed by atoms with Crippen LogP contribution in [0.15, 0.2) is 48.5 Å². The van der Waals surface area contributed by atoms with E-state index in [1.807, 2.05) is 53.4 Å². The summed E-state index contributed by atoms with van der Waals surface area (Å²) in [4.78, 5) is 21.9. The maximum absolute atomic E-state index is 13.1. The van der Waals surface area contributed by atoms with Gasteiger partial charge >= 0.3 is 0 Å². The molecule has 1 aliphatic rings. The van der Waals surface area contributed by atoms with Crippen LogP contribution in [-0.4, -0.2) is 53.0 Å². The van der Waals surface area contributed by atoms with Gasteiger partial charge < -0.3 is 14.5 Å². The molecule has 4 rings (SSSR count). The van der Waals surface area contributed by atoms with Gasteiger partial charge in [-0.15, -0.1) is 0 Å². The van der Waals surface area contributed by atoms with Crippen molar-refractivity contribution in [3.63, 3.8) is 0 Å². The summed E-state index contributed by atoms with van der Waals surface area (Å²) in [6.07, 6.45) is 0.676. The first-order valence-corrected chi connectivity index (χ1v) is 11.0. The van der Waals surface area contributed by atoms with Gasteiger partial charge in [0.1, 0.15) is 11.6 Å². The van der Waals surface area contributed by atoms with Crippen LogP contribution in [0.2, 0.25) is 5.02 Å². The normalized spacial score (nSPS) is 16.6. The molecule has 6 nitrogen and oxygen atoms in total. The predicted octanol–water partition coefficient (Wildman–Crippen LogP) is 4.14. The molecule has 0 aliphatic carbocycles. The minimum Gasteiger partial charge on any atom is -0.496 e. The van der Waals surface area contributed by atoms with Gasteiger partial charge in [0.15, 0.2) is 0 Å². The zero-order chi connectivity index (χ0) is 21.1. The molecule has 0 saturated carbocycles. The van der Waals surface area contributed by atoms with Crippen LogP contribution in [0.25, 0.3) is 0 Å². The summed E-state index contributed by atoms with van der Waals surface area (Å²) in [5.74, 6) is 1.41. The first kappa shape index (κ1) is 20.6. The number of amides is 1. The van der Waals surface area contributed by atoms with Crippen molar-refractivity contribution < 1.29 is 9.53 Å². The Hall–Kier alpha value is -2.64. The summed E-state index contributed by atoms with van der Waals surface area (Å²) in [5.41, 5.74) is 1.73. The summed E-state index contributed by atoms with van der Waals surface area (Å²) >= 11 is 7.36. The summed E-state index contributed by atoms with van der Waals surface area (Å²) in [6.45, 7) is 4.14. The molecule has 8 heteroatoms. The first-order chi connectivity index (χ1) is 14.5. The number of ether oxygens (including phenoxy) is 1. The standard InChI is InChI=1S/C22H23ClN4O2S/c1-15-14-26(11-12-27(15)21(28)18-5-3-4-6-19(18)29-2)22-24-20(25-30-22)13-16-7-9-17(23)10-8-16/h3-10,15H,11-14H2,1-2H3. The van der Waals surface area contributed by atoms with E-state index in [1.165, 1.54) is 11.5 Å². The zero-order valence-corrected chi connectivity index (χ0v) is 18.5. The highest BCUT2D eigenvalue weighted by Crippen LogP contribution is 2.25. The Morgan fingerprint density at radius 3 is 2.70 bits per heavy atom. The number of benzene rings is 2. The number of rotatable bonds is 5. The van der Waals surface area contributed by atoms with Gasteiger partial charge in [-0.2, -0.15) is 4.37 Å². The molecule has 1 saturated heterocycles. The van der Waals surface area contributed by atoms with E-state index in [0.29, 0.717) is 24.3 Å². The molecule has 1 unspecified atom stereocenters. The molecule has 2 aromatic carbocycles. The van der Waals surface area contributed by atoms with Crippen LogP contribution in [0.5, 0.6) is 5.75 Å². The number of para-hydroxylation sites is 1.